The van der Waals surface area contributed by atoms with Crippen molar-refractivity contribution < 1.29 is 22.7 Å². The van der Waals surface area contributed by atoms with Crippen LogP contribution >= 0.6 is 11.6 Å². The molecule has 1 saturated carbocycles. The first-order valence-corrected chi connectivity index (χ1v) is 15.1. The fourth-order valence-electron chi connectivity index (χ4n) is 4.81. The molecule has 1 atom stereocenters. The Morgan fingerprint density at radius 3 is 2.23 bits per heavy atom. The minimum Gasteiger partial charge on any atom is -0.495 e. The van der Waals surface area contributed by atoms with E-state index in [2.05, 4.69) is 5.32 Å². The Hall–Kier alpha value is -3.56. The predicted octanol–water partition coefficient (Wildman–Crippen LogP) is 5.02. The van der Waals surface area contributed by atoms with E-state index >= 15 is 0 Å². The number of anilines is 1. The van der Waals surface area contributed by atoms with Crippen LogP contribution in [0.3, 0.4) is 0 Å². The van der Waals surface area contributed by atoms with Gasteiger partial charge < -0.3 is 15.0 Å². The van der Waals surface area contributed by atoms with Crippen molar-refractivity contribution in [3.63, 3.8) is 0 Å². The van der Waals surface area contributed by atoms with Crippen molar-refractivity contribution in [2.45, 2.75) is 56.1 Å². The summed E-state index contributed by atoms with van der Waals surface area (Å²) in [5.41, 5.74) is 1.02. The van der Waals surface area contributed by atoms with Crippen molar-refractivity contribution in [1.29, 1.82) is 0 Å². The molecule has 2 amide bonds. The maximum Gasteiger partial charge on any atom is 0.264 e. The number of halogens is 1. The Balaban J connectivity index is 1.69. The van der Waals surface area contributed by atoms with Crippen molar-refractivity contribution in [3.8, 4) is 5.75 Å². The smallest absolute Gasteiger partial charge is 0.264 e. The number of carbonyl (C=O) groups is 2. The number of ether oxygens (including phenoxy) is 1. The van der Waals surface area contributed by atoms with Gasteiger partial charge in [-0.1, -0.05) is 73.0 Å². The Morgan fingerprint density at radius 2 is 1.62 bits per heavy atom. The first-order valence-electron chi connectivity index (χ1n) is 13.3. The van der Waals surface area contributed by atoms with E-state index in [0.29, 0.717) is 5.75 Å². The van der Waals surface area contributed by atoms with Crippen LogP contribution < -0.4 is 14.4 Å². The number of carbonyl (C=O) groups excluding carboxylic acids is 2. The molecule has 1 fully saturated rings. The molecule has 0 radical (unpaired) electrons. The van der Waals surface area contributed by atoms with Gasteiger partial charge in [-0.3, -0.25) is 13.9 Å². The molecule has 0 unspecified atom stereocenters. The van der Waals surface area contributed by atoms with E-state index in [1.54, 1.807) is 31.2 Å². The zero-order valence-corrected chi connectivity index (χ0v) is 24.2. The number of nitrogens with zero attached hydrogens (tertiary/aromatic N) is 2. The molecule has 8 nitrogen and oxygen atoms in total. The molecule has 0 aromatic heterocycles. The second kappa shape index (κ2) is 13.2. The summed E-state index contributed by atoms with van der Waals surface area (Å²) in [6.45, 7) is 1.28. The molecule has 1 aliphatic rings. The highest BCUT2D eigenvalue weighted by molar-refractivity contribution is 7.92. The van der Waals surface area contributed by atoms with Gasteiger partial charge in [-0.05, 0) is 55.7 Å². The van der Waals surface area contributed by atoms with Gasteiger partial charge in [-0.2, -0.15) is 0 Å². The van der Waals surface area contributed by atoms with Crippen LogP contribution in [-0.4, -0.2) is 50.9 Å². The Morgan fingerprint density at radius 1 is 1.00 bits per heavy atom. The number of sulfonamides is 1. The van der Waals surface area contributed by atoms with E-state index in [1.165, 1.54) is 36.3 Å². The van der Waals surface area contributed by atoms with Crippen molar-refractivity contribution in [1.82, 2.24) is 10.2 Å². The molecule has 0 bridgehead atoms. The molecule has 0 spiro atoms. The average Bonchev–Trinajstić information content (AvgIpc) is 3.48. The highest BCUT2D eigenvalue weighted by atomic mass is 35.5. The lowest BCUT2D eigenvalue weighted by atomic mass is 10.1. The molecule has 3 aromatic carbocycles. The fourth-order valence-corrected chi connectivity index (χ4v) is 6.49. The third-order valence-corrected chi connectivity index (χ3v) is 9.18. The molecular weight excluding hydrogens is 550 g/mol. The Kier molecular flexibility index (Phi) is 9.71. The van der Waals surface area contributed by atoms with Gasteiger partial charge >= 0.3 is 0 Å². The molecule has 1 N–H and O–H groups in total. The van der Waals surface area contributed by atoms with E-state index in [0.717, 1.165) is 35.6 Å². The van der Waals surface area contributed by atoms with Crippen LogP contribution in [0.4, 0.5) is 5.69 Å². The van der Waals surface area contributed by atoms with E-state index in [9.17, 15) is 18.0 Å². The number of nitrogens with one attached hydrogen (secondary N) is 1. The lowest BCUT2D eigenvalue weighted by molar-refractivity contribution is -0.139. The maximum absolute atomic E-state index is 14.0. The SMILES string of the molecule is COc1ccc(N(CC(=O)N(Cc2ccccc2)[C@@H](C)C(=O)NC2CCCC2)S(=O)(=O)c2ccccc2)cc1Cl. The topological polar surface area (TPSA) is 96.0 Å². The average molecular weight is 584 g/mol. The van der Waals surface area contributed by atoms with Crippen LogP contribution in [0, 0.1) is 0 Å². The van der Waals surface area contributed by atoms with Crippen LogP contribution in [-0.2, 0) is 26.2 Å². The number of hydrogen-bond acceptors (Lipinski definition) is 5. The van der Waals surface area contributed by atoms with Crippen molar-refractivity contribution in [2.24, 2.45) is 0 Å². The number of amides is 2. The third kappa shape index (κ3) is 6.95. The Bertz CT molecular complexity index is 1410. The zero-order valence-electron chi connectivity index (χ0n) is 22.6. The summed E-state index contributed by atoms with van der Waals surface area (Å²) in [5.74, 6) is -0.415. The van der Waals surface area contributed by atoms with Gasteiger partial charge in [0.1, 0.15) is 18.3 Å². The lowest BCUT2D eigenvalue weighted by Crippen LogP contribution is -2.52. The number of methoxy groups -OCH3 is 1. The lowest BCUT2D eigenvalue weighted by Gasteiger charge is -2.32. The molecule has 10 heteroatoms. The van der Waals surface area contributed by atoms with Gasteiger partial charge in [0.2, 0.25) is 11.8 Å². The van der Waals surface area contributed by atoms with Crippen LogP contribution in [0.5, 0.6) is 5.75 Å². The number of rotatable bonds is 11. The maximum atomic E-state index is 14.0. The van der Waals surface area contributed by atoms with Gasteiger partial charge in [-0.25, -0.2) is 8.42 Å². The monoisotopic (exact) mass is 583 g/mol. The first kappa shape index (κ1) is 29.4. The van der Waals surface area contributed by atoms with Crippen LogP contribution in [0.1, 0.15) is 38.2 Å². The molecule has 0 heterocycles. The minimum atomic E-state index is -4.17. The van der Waals surface area contributed by atoms with Crippen molar-refractivity contribution in [2.75, 3.05) is 18.0 Å². The standard InChI is InChI=1S/C30H34ClN3O5S/c1-22(30(36)32-24-13-9-10-14-24)33(20-23-11-5-3-6-12-23)29(35)21-34(25-17-18-28(39-2)27(31)19-25)40(37,38)26-15-7-4-8-16-26/h3-8,11-12,15-19,22,24H,9-10,13-14,20-21H2,1-2H3,(H,32,36)/t22-/m0/s1. The molecule has 4 rings (SSSR count). The zero-order chi connectivity index (χ0) is 28.7. The summed E-state index contributed by atoms with van der Waals surface area (Å²) in [6.07, 6.45) is 3.93. The van der Waals surface area contributed by atoms with Crippen molar-refractivity contribution >= 4 is 39.1 Å². The second-order valence-electron chi connectivity index (χ2n) is 9.82. The molecule has 0 saturated heterocycles. The van der Waals surface area contributed by atoms with Gasteiger partial charge in [0.15, 0.2) is 0 Å². The first-order chi connectivity index (χ1) is 19.2. The summed E-state index contributed by atoms with van der Waals surface area (Å²) in [6, 6.07) is 21.0. The third-order valence-electron chi connectivity index (χ3n) is 7.10. The Labute approximate surface area is 240 Å². The van der Waals surface area contributed by atoms with E-state index in [4.69, 9.17) is 16.3 Å². The minimum absolute atomic E-state index is 0.0244. The van der Waals surface area contributed by atoms with E-state index < -0.39 is 28.5 Å². The normalized spacial score (nSPS) is 14.4. The highest BCUT2D eigenvalue weighted by Crippen LogP contribution is 2.32. The predicted molar refractivity (Wildman–Crippen MR) is 156 cm³/mol. The molecular formula is C30H34ClN3O5S. The van der Waals surface area contributed by atoms with Crippen LogP contribution in [0.25, 0.3) is 0 Å². The van der Waals surface area contributed by atoms with Crippen LogP contribution in [0.15, 0.2) is 83.8 Å². The molecule has 212 valence electrons. The largest absolute Gasteiger partial charge is 0.495 e. The molecule has 1 aliphatic carbocycles. The van der Waals surface area contributed by atoms with Gasteiger partial charge in [0.05, 0.1) is 22.7 Å². The van der Waals surface area contributed by atoms with Crippen LogP contribution in [0.2, 0.25) is 5.02 Å². The summed E-state index contributed by atoms with van der Waals surface area (Å²) >= 11 is 6.35. The molecule has 3 aromatic rings. The van der Waals surface area contributed by atoms with E-state index in [-0.39, 0.29) is 34.1 Å². The number of hydrogen-bond donors (Lipinski definition) is 1. The van der Waals surface area contributed by atoms with E-state index in [1.807, 2.05) is 30.3 Å². The number of benzene rings is 3. The molecule has 0 aliphatic heterocycles. The highest BCUT2D eigenvalue weighted by Gasteiger charge is 2.33. The summed E-state index contributed by atoms with van der Waals surface area (Å²) < 4.78 is 34.0. The van der Waals surface area contributed by atoms with Gasteiger partial charge in [-0.15, -0.1) is 0 Å². The summed E-state index contributed by atoms with van der Waals surface area (Å²) in [5, 5.41) is 3.27. The fraction of sp³-hybridized carbons (Fsp3) is 0.333. The van der Waals surface area contributed by atoms with Crippen molar-refractivity contribution in [3.05, 3.63) is 89.4 Å². The van der Waals surface area contributed by atoms with Gasteiger partial charge in [0, 0.05) is 12.6 Å². The quantitative estimate of drug-likeness (QED) is 0.342. The molecule has 40 heavy (non-hydrogen) atoms. The summed E-state index contributed by atoms with van der Waals surface area (Å²) in [4.78, 5) is 28.7. The summed E-state index contributed by atoms with van der Waals surface area (Å²) in [7, 11) is -2.71. The van der Waals surface area contributed by atoms with Gasteiger partial charge in [0.25, 0.3) is 10.0 Å². The second-order valence-corrected chi connectivity index (χ2v) is 12.1.